The number of benzene rings is 1. The number of nitrogens with zero attached hydrogens (tertiary/aromatic N) is 2. The molecule has 0 saturated heterocycles. The molecule has 1 heterocycles. The van der Waals surface area contributed by atoms with Gasteiger partial charge in [0.2, 0.25) is 5.91 Å². The summed E-state index contributed by atoms with van der Waals surface area (Å²) >= 11 is 0. The maximum Gasteiger partial charge on any atom is 0.307 e. The molecule has 1 aromatic heterocycles. The number of carbonyl (C=O) groups is 2. The second-order valence-electron chi connectivity index (χ2n) is 6.06. The molecule has 1 aliphatic carbocycles. The molecule has 2 N–H and O–H groups in total. The minimum atomic E-state index is -0.900. The molecule has 0 spiro atoms. The highest BCUT2D eigenvalue weighted by Crippen LogP contribution is 2.39. The number of rotatable bonds is 5. The Hall–Kier alpha value is -2.63. The van der Waals surface area contributed by atoms with Crippen molar-refractivity contribution in [2.45, 2.75) is 26.8 Å². The summed E-state index contributed by atoms with van der Waals surface area (Å²) in [7, 11) is 0. The van der Waals surface area contributed by atoms with E-state index in [1.807, 2.05) is 42.8 Å². The van der Waals surface area contributed by atoms with E-state index < -0.39 is 17.8 Å². The van der Waals surface area contributed by atoms with Crippen molar-refractivity contribution < 1.29 is 14.7 Å². The molecule has 23 heavy (non-hydrogen) atoms. The molecule has 2 atom stereocenters. The number of anilines is 1. The van der Waals surface area contributed by atoms with Gasteiger partial charge in [-0.05, 0) is 44.0 Å². The van der Waals surface area contributed by atoms with Gasteiger partial charge in [0, 0.05) is 11.4 Å². The first-order valence-corrected chi connectivity index (χ1v) is 7.57. The van der Waals surface area contributed by atoms with E-state index in [0.717, 1.165) is 17.0 Å². The van der Waals surface area contributed by atoms with Gasteiger partial charge in [0.1, 0.15) is 0 Å². The normalized spacial score (nSPS) is 19.4. The van der Waals surface area contributed by atoms with Crippen LogP contribution < -0.4 is 5.32 Å². The van der Waals surface area contributed by atoms with Crippen molar-refractivity contribution in [1.82, 2.24) is 9.78 Å². The fourth-order valence-corrected chi connectivity index (χ4v) is 2.75. The second kappa shape index (κ2) is 5.87. The summed E-state index contributed by atoms with van der Waals surface area (Å²) in [4.78, 5) is 22.9. The highest BCUT2D eigenvalue weighted by molar-refractivity contribution is 5.98. The molecule has 1 aromatic carbocycles. The van der Waals surface area contributed by atoms with Crippen LogP contribution in [0.1, 0.15) is 23.4 Å². The Kier molecular flexibility index (Phi) is 3.90. The predicted octanol–water partition coefficient (Wildman–Crippen LogP) is 2.21. The van der Waals surface area contributed by atoms with Gasteiger partial charge >= 0.3 is 5.97 Å². The quantitative estimate of drug-likeness (QED) is 0.886. The average molecular weight is 313 g/mol. The first kappa shape index (κ1) is 15.3. The maximum absolute atomic E-state index is 12.0. The number of aromatic nitrogens is 2. The molecule has 2 aromatic rings. The largest absolute Gasteiger partial charge is 0.481 e. The Morgan fingerprint density at radius 2 is 2.09 bits per heavy atom. The summed E-state index contributed by atoms with van der Waals surface area (Å²) in [6.45, 7) is 4.59. The van der Waals surface area contributed by atoms with E-state index in [2.05, 4.69) is 10.4 Å². The number of aryl methyl sites for hydroxylation is 2. The van der Waals surface area contributed by atoms with Gasteiger partial charge in [0.25, 0.3) is 0 Å². The van der Waals surface area contributed by atoms with E-state index in [1.54, 1.807) is 6.07 Å². The highest BCUT2D eigenvalue weighted by Gasteiger charge is 2.48. The van der Waals surface area contributed by atoms with E-state index in [9.17, 15) is 9.59 Å². The van der Waals surface area contributed by atoms with Crippen LogP contribution in [-0.2, 0) is 16.1 Å². The van der Waals surface area contributed by atoms with E-state index >= 15 is 0 Å². The SMILES string of the molecule is Cc1cc(C)n(Cc2cccc(NC(=O)[C@H]3C[C@H]3C(=O)O)c2)n1. The molecule has 3 rings (SSSR count). The van der Waals surface area contributed by atoms with Crippen LogP contribution in [0, 0.1) is 25.7 Å². The summed E-state index contributed by atoms with van der Waals surface area (Å²) in [5, 5.41) is 16.1. The molecule has 0 radical (unpaired) electrons. The van der Waals surface area contributed by atoms with Gasteiger partial charge in [0.15, 0.2) is 0 Å². The Bertz CT molecular complexity index is 766. The fraction of sp³-hybridized carbons (Fsp3) is 0.353. The van der Waals surface area contributed by atoms with Gasteiger partial charge in [-0.15, -0.1) is 0 Å². The lowest BCUT2D eigenvalue weighted by Gasteiger charge is -2.08. The van der Waals surface area contributed by atoms with Crippen LogP contribution in [0.15, 0.2) is 30.3 Å². The van der Waals surface area contributed by atoms with Crippen molar-refractivity contribution in [3.63, 3.8) is 0 Å². The lowest BCUT2D eigenvalue weighted by Crippen LogP contribution is -2.17. The summed E-state index contributed by atoms with van der Waals surface area (Å²) in [5.74, 6) is -2.07. The van der Waals surface area contributed by atoms with E-state index in [1.165, 1.54) is 0 Å². The number of nitrogens with one attached hydrogen (secondary N) is 1. The molecule has 1 fully saturated rings. The molecule has 0 bridgehead atoms. The molecular weight excluding hydrogens is 294 g/mol. The number of carboxylic acids is 1. The first-order chi connectivity index (χ1) is 10.9. The molecule has 6 nitrogen and oxygen atoms in total. The number of hydrogen-bond donors (Lipinski definition) is 2. The maximum atomic E-state index is 12.0. The topological polar surface area (TPSA) is 84.2 Å². The third-order valence-electron chi connectivity index (χ3n) is 4.07. The van der Waals surface area contributed by atoms with Crippen LogP contribution in [-0.4, -0.2) is 26.8 Å². The van der Waals surface area contributed by atoms with Gasteiger partial charge in [-0.2, -0.15) is 5.10 Å². The number of aliphatic carboxylic acids is 1. The molecule has 1 amide bonds. The number of carboxylic acid groups (broad SMARTS) is 1. The van der Waals surface area contributed by atoms with Crippen molar-refractivity contribution in [2.24, 2.45) is 11.8 Å². The Labute approximate surface area is 134 Å². The van der Waals surface area contributed by atoms with Gasteiger partial charge in [-0.1, -0.05) is 12.1 Å². The summed E-state index contributed by atoms with van der Waals surface area (Å²) in [6, 6.07) is 9.57. The predicted molar refractivity (Wildman–Crippen MR) is 85.1 cm³/mol. The average Bonchev–Trinajstić information content (AvgIpc) is 3.22. The van der Waals surface area contributed by atoms with Crippen molar-refractivity contribution in [2.75, 3.05) is 5.32 Å². The smallest absolute Gasteiger partial charge is 0.307 e. The number of carbonyl (C=O) groups excluding carboxylic acids is 1. The van der Waals surface area contributed by atoms with E-state index in [-0.39, 0.29) is 5.91 Å². The summed E-state index contributed by atoms with van der Waals surface area (Å²) < 4.78 is 1.91. The zero-order chi connectivity index (χ0) is 16.6. The monoisotopic (exact) mass is 313 g/mol. The van der Waals surface area contributed by atoms with Gasteiger partial charge in [-0.25, -0.2) is 0 Å². The van der Waals surface area contributed by atoms with Crippen LogP contribution in [0.4, 0.5) is 5.69 Å². The van der Waals surface area contributed by atoms with Crippen LogP contribution in [0.3, 0.4) is 0 Å². The van der Waals surface area contributed by atoms with Crippen LogP contribution in [0.25, 0.3) is 0 Å². The third-order valence-corrected chi connectivity index (χ3v) is 4.07. The molecule has 1 aliphatic rings. The van der Waals surface area contributed by atoms with Crippen molar-refractivity contribution in [3.8, 4) is 0 Å². The van der Waals surface area contributed by atoms with Crippen molar-refractivity contribution in [1.29, 1.82) is 0 Å². The van der Waals surface area contributed by atoms with Crippen LogP contribution in [0.5, 0.6) is 0 Å². The molecular formula is C17H19N3O3. The molecule has 0 aliphatic heterocycles. The van der Waals surface area contributed by atoms with Crippen molar-refractivity contribution >= 4 is 17.6 Å². The molecule has 120 valence electrons. The number of hydrogen-bond acceptors (Lipinski definition) is 3. The molecule has 1 saturated carbocycles. The Balaban J connectivity index is 1.67. The Morgan fingerprint density at radius 1 is 1.30 bits per heavy atom. The minimum Gasteiger partial charge on any atom is -0.481 e. The van der Waals surface area contributed by atoms with Crippen molar-refractivity contribution in [3.05, 3.63) is 47.3 Å². The molecule has 0 unspecified atom stereocenters. The van der Waals surface area contributed by atoms with Crippen LogP contribution >= 0.6 is 0 Å². The van der Waals surface area contributed by atoms with E-state index in [0.29, 0.717) is 18.7 Å². The molecule has 6 heteroatoms. The zero-order valence-corrected chi connectivity index (χ0v) is 13.1. The minimum absolute atomic E-state index is 0.222. The summed E-state index contributed by atoms with van der Waals surface area (Å²) in [5.41, 5.74) is 3.77. The van der Waals surface area contributed by atoms with Gasteiger partial charge in [0.05, 0.1) is 24.1 Å². The number of amides is 1. The fourth-order valence-electron chi connectivity index (χ4n) is 2.75. The van der Waals surface area contributed by atoms with Gasteiger partial charge < -0.3 is 10.4 Å². The zero-order valence-electron chi connectivity index (χ0n) is 13.1. The second-order valence-corrected chi connectivity index (χ2v) is 6.06. The lowest BCUT2D eigenvalue weighted by atomic mass is 10.2. The van der Waals surface area contributed by atoms with E-state index in [4.69, 9.17) is 5.11 Å². The standard InChI is InChI=1S/C17H19N3O3/c1-10-6-11(2)20(19-10)9-12-4-3-5-13(7-12)18-16(21)14-8-15(14)17(22)23/h3-7,14-15H,8-9H2,1-2H3,(H,18,21)(H,22,23)/t14-,15+/m0/s1. The Morgan fingerprint density at radius 3 is 2.70 bits per heavy atom. The lowest BCUT2D eigenvalue weighted by molar-refractivity contribution is -0.139. The first-order valence-electron chi connectivity index (χ1n) is 7.57. The third kappa shape index (κ3) is 3.41. The summed E-state index contributed by atoms with van der Waals surface area (Å²) in [6.07, 6.45) is 0.423. The van der Waals surface area contributed by atoms with Gasteiger partial charge in [-0.3, -0.25) is 14.3 Å². The van der Waals surface area contributed by atoms with Crippen LogP contribution in [0.2, 0.25) is 0 Å². The highest BCUT2D eigenvalue weighted by atomic mass is 16.4.